The lowest BCUT2D eigenvalue weighted by Crippen LogP contribution is -2.29. The molecule has 0 aromatic heterocycles. The summed E-state index contributed by atoms with van der Waals surface area (Å²) in [6.07, 6.45) is 3.43. The van der Waals surface area contributed by atoms with Crippen molar-refractivity contribution in [2.75, 3.05) is 7.05 Å². The molecule has 9 heavy (non-hydrogen) atoms. The van der Waals surface area contributed by atoms with Crippen LogP contribution >= 0.6 is 11.6 Å². The first-order valence-electron chi connectivity index (χ1n) is 2.82. The van der Waals surface area contributed by atoms with Crippen LogP contribution in [0.5, 0.6) is 0 Å². The van der Waals surface area contributed by atoms with Crippen molar-refractivity contribution in [1.29, 1.82) is 0 Å². The zero-order valence-electron chi connectivity index (χ0n) is 5.50. The molecule has 50 valence electrons. The first-order chi connectivity index (χ1) is 4.22. The van der Waals surface area contributed by atoms with Crippen LogP contribution in [0.2, 0.25) is 0 Å². The van der Waals surface area contributed by atoms with Crippen molar-refractivity contribution in [1.82, 2.24) is 4.90 Å². The van der Waals surface area contributed by atoms with E-state index in [2.05, 4.69) is 4.99 Å². The van der Waals surface area contributed by atoms with E-state index in [1.165, 1.54) is 0 Å². The third kappa shape index (κ3) is 1.24. The second kappa shape index (κ2) is 2.40. The molecule has 1 aliphatic heterocycles. The molecule has 2 nitrogen and oxygen atoms in total. The maximum atomic E-state index is 5.77. The van der Waals surface area contributed by atoms with Crippen LogP contribution in [0, 0.1) is 0 Å². The SMILES string of the molecule is C[C@H]1C(Cl)=CN=CN1C. The Hall–Kier alpha value is -0.500. The second-order valence-corrected chi connectivity index (χ2v) is 2.56. The zero-order valence-corrected chi connectivity index (χ0v) is 6.26. The fourth-order valence-electron chi connectivity index (χ4n) is 0.612. The van der Waals surface area contributed by atoms with Crippen LogP contribution in [0.3, 0.4) is 0 Å². The lowest BCUT2D eigenvalue weighted by Gasteiger charge is -2.23. The third-order valence-corrected chi connectivity index (χ3v) is 1.87. The number of hydrogen-bond donors (Lipinski definition) is 0. The summed E-state index contributed by atoms with van der Waals surface area (Å²) in [6.45, 7) is 2.03. The Morgan fingerprint density at radius 2 is 2.44 bits per heavy atom. The highest BCUT2D eigenvalue weighted by Gasteiger charge is 2.11. The van der Waals surface area contributed by atoms with Gasteiger partial charge in [0.25, 0.3) is 0 Å². The highest BCUT2D eigenvalue weighted by molar-refractivity contribution is 6.30. The molecule has 0 saturated carbocycles. The quantitative estimate of drug-likeness (QED) is 0.502. The van der Waals surface area contributed by atoms with Crippen LogP contribution in [0.25, 0.3) is 0 Å². The Morgan fingerprint density at radius 1 is 1.78 bits per heavy atom. The maximum Gasteiger partial charge on any atom is 0.0908 e. The molecule has 0 unspecified atom stereocenters. The minimum absolute atomic E-state index is 0.282. The van der Waals surface area contributed by atoms with Gasteiger partial charge >= 0.3 is 0 Å². The molecule has 0 bridgehead atoms. The van der Waals surface area contributed by atoms with Crippen LogP contribution in [0.1, 0.15) is 6.92 Å². The van der Waals surface area contributed by atoms with Crippen LogP contribution in [-0.2, 0) is 0 Å². The van der Waals surface area contributed by atoms with Gasteiger partial charge in [-0.25, -0.2) is 4.99 Å². The van der Waals surface area contributed by atoms with E-state index in [4.69, 9.17) is 11.6 Å². The van der Waals surface area contributed by atoms with E-state index in [0.717, 1.165) is 5.03 Å². The van der Waals surface area contributed by atoms with Crippen LogP contribution in [0.4, 0.5) is 0 Å². The largest absolute Gasteiger partial charge is 0.358 e. The second-order valence-electron chi connectivity index (χ2n) is 2.12. The maximum absolute atomic E-state index is 5.77. The molecule has 1 rings (SSSR count). The molecule has 0 aromatic rings. The smallest absolute Gasteiger partial charge is 0.0908 e. The molecule has 0 amide bonds. The van der Waals surface area contributed by atoms with Crippen molar-refractivity contribution in [3.8, 4) is 0 Å². The molecule has 1 atom stereocenters. The van der Waals surface area contributed by atoms with Gasteiger partial charge < -0.3 is 4.90 Å². The summed E-state index contributed by atoms with van der Waals surface area (Å²) in [4.78, 5) is 5.86. The molecular weight excluding hydrogens is 136 g/mol. The van der Waals surface area contributed by atoms with E-state index in [1.54, 1.807) is 12.5 Å². The van der Waals surface area contributed by atoms with Crippen molar-refractivity contribution in [3.05, 3.63) is 11.2 Å². The normalized spacial score (nSPS) is 26.3. The van der Waals surface area contributed by atoms with Gasteiger partial charge in [-0.1, -0.05) is 11.6 Å². The van der Waals surface area contributed by atoms with Crippen molar-refractivity contribution < 1.29 is 0 Å². The highest BCUT2D eigenvalue weighted by Crippen LogP contribution is 2.14. The molecule has 3 heteroatoms. The number of likely N-dealkylation sites (N-methyl/N-ethyl adjacent to an activating group) is 1. The van der Waals surface area contributed by atoms with Crippen molar-refractivity contribution in [2.24, 2.45) is 4.99 Å². The van der Waals surface area contributed by atoms with Gasteiger partial charge in [-0.15, -0.1) is 0 Å². The number of halogens is 1. The molecule has 0 aliphatic carbocycles. The van der Waals surface area contributed by atoms with Crippen molar-refractivity contribution >= 4 is 17.9 Å². The number of hydrogen-bond acceptors (Lipinski definition) is 2. The van der Waals surface area contributed by atoms with Gasteiger partial charge in [-0.05, 0) is 6.92 Å². The van der Waals surface area contributed by atoms with Crippen LogP contribution < -0.4 is 0 Å². The monoisotopic (exact) mass is 144 g/mol. The predicted octanol–water partition coefficient (Wildman–Crippen LogP) is 1.43. The summed E-state index contributed by atoms with van der Waals surface area (Å²) in [7, 11) is 1.95. The molecule has 0 fully saturated rings. The molecular formula is C6H9ClN2. The zero-order chi connectivity index (χ0) is 6.85. The molecule has 0 N–H and O–H groups in total. The molecule has 0 radical (unpaired) electrons. The summed E-state index contributed by atoms with van der Waals surface area (Å²) < 4.78 is 0. The van der Waals surface area contributed by atoms with Crippen LogP contribution in [-0.4, -0.2) is 24.3 Å². The van der Waals surface area contributed by atoms with E-state index >= 15 is 0 Å². The minimum atomic E-state index is 0.282. The minimum Gasteiger partial charge on any atom is -0.358 e. The van der Waals surface area contributed by atoms with Gasteiger partial charge in [0, 0.05) is 13.2 Å². The lowest BCUT2D eigenvalue weighted by molar-refractivity contribution is 0.453. The highest BCUT2D eigenvalue weighted by atomic mass is 35.5. The van der Waals surface area contributed by atoms with Gasteiger partial charge in [0.2, 0.25) is 0 Å². The Kier molecular flexibility index (Phi) is 1.76. The van der Waals surface area contributed by atoms with Gasteiger partial charge in [0.15, 0.2) is 0 Å². The van der Waals surface area contributed by atoms with E-state index < -0.39 is 0 Å². The standard InChI is InChI=1S/C6H9ClN2/c1-5-6(7)3-8-4-9(5)2/h3-5H,1-2H3/t5-/m0/s1. The summed E-state index contributed by atoms with van der Waals surface area (Å²) in [5, 5.41) is 0.792. The van der Waals surface area contributed by atoms with Gasteiger partial charge in [0.05, 0.1) is 17.4 Å². The Bertz CT molecular complexity index is 162. The summed E-state index contributed by atoms with van der Waals surface area (Å²) >= 11 is 5.77. The fourth-order valence-corrected chi connectivity index (χ4v) is 0.822. The van der Waals surface area contributed by atoms with E-state index in [9.17, 15) is 0 Å². The topological polar surface area (TPSA) is 15.6 Å². The molecule has 1 heterocycles. The van der Waals surface area contributed by atoms with Crippen molar-refractivity contribution in [2.45, 2.75) is 13.0 Å². The first kappa shape index (κ1) is 6.62. The average molecular weight is 145 g/mol. The van der Waals surface area contributed by atoms with Gasteiger partial charge in [-0.2, -0.15) is 0 Å². The first-order valence-corrected chi connectivity index (χ1v) is 3.20. The van der Waals surface area contributed by atoms with E-state index in [1.807, 2.05) is 18.9 Å². The Balaban J connectivity index is 2.73. The predicted molar refractivity (Wildman–Crippen MR) is 39.7 cm³/mol. The van der Waals surface area contributed by atoms with E-state index in [0.29, 0.717) is 0 Å². The van der Waals surface area contributed by atoms with Gasteiger partial charge in [0.1, 0.15) is 0 Å². The number of nitrogens with zero attached hydrogens (tertiary/aromatic N) is 2. The lowest BCUT2D eigenvalue weighted by atomic mass is 10.3. The molecule has 0 spiro atoms. The Morgan fingerprint density at radius 3 is 2.89 bits per heavy atom. The summed E-state index contributed by atoms with van der Waals surface area (Å²) in [5.41, 5.74) is 0. The van der Waals surface area contributed by atoms with Gasteiger partial charge in [-0.3, -0.25) is 0 Å². The summed E-state index contributed by atoms with van der Waals surface area (Å²) in [5.74, 6) is 0. The number of aliphatic imine (C=N–C) groups is 1. The Labute approximate surface area is 59.8 Å². The molecule has 0 aromatic carbocycles. The average Bonchev–Trinajstić information content (AvgIpc) is 1.83. The molecule has 0 saturated heterocycles. The van der Waals surface area contributed by atoms with Crippen LogP contribution in [0.15, 0.2) is 16.2 Å². The van der Waals surface area contributed by atoms with E-state index in [-0.39, 0.29) is 6.04 Å². The third-order valence-electron chi connectivity index (χ3n) is 1.46. The fraction of sp³-hybridized carbons (Fsp3) is 0.500. The number of rotatable bonds is 0. The molecule has 1 aliphatic rings. The summed E-state index contributed by atoms with van der Waals surface area (Å²) in [6, 6.07) is 0.282. The van der Waals surface area contributed by atoms with Crippen molar-refractivity contribution in [3.63, 3.8) is 0 Å².